The van der Waals surface area contributed by atoms with E-state index in [-0.39, 0.29) is 0 Å². The van der Waals surface area contributed by atoms with Gasteiger partial charge in [-0.3, -0.25) is 0 Å². The highest BCUT2D eigenvalue weighted by atomic mass is 15.2. The molecule has 1 saturated heterocycles. The molecule has 0 radical (unpaired) electrons. The van der Waals surface area contributed by atoms with Crippen LogP contribution in [0.15, 0.2) is 0 Å². The molecule has 0 amide bonds. The average Bonchev–Trinajstić information content (AvgIpc) is 2.01. The maximum Gasteiger partial charge on any atom is 0.0227 e. The number of rotatable bonds is 1. The molecule has 0 aliphatic carbocycles. The van der Waals surface area contributed by atoms with E-state index in [0.29, 0.717) is 11.6 Å². The molecule has 3 atom stereocenters. The van der Waals surface area contributed by atoms with Gasteiger partial charge in [0.2, 0.25) is 0 Å². The van der Waals surface area contributed by atoms with Gasteiger partial charge in [0.05, 0.1) is 0 Å². The first-order valence-electron chi connectivity index (χ1n) is 5.25. The van der Waals surface area contributed by atoms with E-state index in [9.17, 15) is 0 Å². The molecule has 0 saturated carbocycles. The molecule has 1 aliphatic heterocycles. The van der Waals surface area contributed by atoms with E-state index in [2.05, 4.69) is 51.7 Å². The van der Waals surface area contributed by atoms with Crippen molar-refractivity contribution in [3.05, 3.63) is 0 Å². The zero-order valence-electron chi connectivity index (χ0n) is 9.96. The van der Waals surface area contributed by atoms with Crippen LogP contribution >= 0.6 is 0 Å². The lowest BCUT2D eigenvalue weighted by molar-refractivity contribution is 0.00200. The Hall–Kier alpha value is -0.0800. The average molecular weight is 184 g/mol. The van der Waals surface area contributed by atoms with Crippen molar-refractivity contribution in [2.45, 2.75) is 38.8 Å². The molecule has 1 fully saturated rings. The van der Waals surface area contributed by atoms with E-state index >= 15 is 0 Å². The van der Waals surface area contributed by atoms with Crippen molar-refractivity contribution in [1.29, 1.82) is 0 Å². The predicted octanol–water partition coefficient (Wildman–Crippen LogP) is 1.67. The van der Waals surface area contributed by atoms with Crippen LogP contribution in [0.2, 0.25) is 0 Å². The van der Waals surface area contributed by atoms with Gasteiger partial charge in [-0.25, -0.2) is 0 Å². The smallest absolute Gasteiger partial charge is 0.0227 e. The van der Waals surface area contributed by atoms with Gasteiger partial charge in [-0.1, -0.05) is 6.92 Å². The molecule has 1 heterocycles. The minimum atomic E-state index is 0.381. The fourth-order valence-corrected chi connectivity index (χ4v) is 2.39. The Morgan fingerprint density at radius 3 is 2.31 bits per heavy atom. The van der Waals surface area contributed by atoms with Crippen molar-refractivity contribution >= 4 is 0 Å². The molecule has 1 aliphatic rings. The molecule has 0 aromatic heterocycles. The number of piperidine rings is 1. The van der Waals surface area contributed by atoms with Crippen LogP contribution in [-0.4, -0.2) is 49.1 Å². The Morgan fingerprint density at radius 1 is 1.31 bits per heavy atom. The zero-order chi connectivity index (χ0) is 10.2. The van der Waals surface area contributed by atoms with Gasteiger partial charge in [0, 0.05) is 18.1 Å². The van der Waals surface area contributed by atoms with Crippen LogP contribution in [0.1, 0.15) is 27.2 Å². The quantitative estimate of drug-likeness (QED) is 0.611. The monoisotopic (exact) mass is 184 g/mol. The maximum atomic E-state index is 2.47. The molecule has 1 rings (SSSR count). The van der Waals surface area contributed by atoms with E-state index in [1.165, 1.54) is 13.0 Å². The predicted molar refractivity (Wildman–Crippen MR) is 58.0 cm³/mol. The minimum absolute atomic E-state index is 0.381. The molecule has 0 aromatic rings. The topological polar surface area (TPSA) is 6.48 Å². The Labute approximate surface area is 82.9 Å². The molecule has 13 heavy (non-hydrogen) atoms. The van der Waals surface area contributed by atoms with Gasteiger partial charge in [0.15, 0.2) is 0 Å². The third-order valence-electron chi connectivity index (χ3n) is 4.11. The Balaban J connectivity index is 2.76. The lowest BCUT2D eigenvalue weighted by Crippen LogP contribution is -2.58. The first-order valence-corrected chi connectivity index (χ1v) is 5.25. The molecule has 78 valence electrons. The summed E-state index contributed by atoms with van der Waals surface area (Å²) in [6.07, 6.45) is 1.28. The number of nitrogens with zero attached hydrogens (tertiary/aromatic N) is 2. The van der Waals surface area contributed by atoms with Crippen molar-refractivity contribution in [3.8, 4) is 0 Å². The summed E-state index contributed by atoms with van der Waals surface area (Å²) < 4.78 is 0. The van der Waals surface area contributed by atoms with Crippen LogP contribution in [0.5, 0.6) is 0 Å². The highest BCUT2D eigenvalue weighted by molar-refractivity contribution is 4.96. The van der Waals surface area contributed by atoms with Gasteiger partial charge in [0.25, 0.3) is 0 Å². The maximum absolute atomic E-state index is 2.47. The summed E-state index contributed by atoms with van der Waals surface area (Å²) >= 11 is 0. The molecule has 0 N–H and O–H groups in total. The number of hydrogen-bond donors (Lipinski definition) is 0. The van der Waals surface area contributed by atoms with Crippen LogP contribution in [0, 0.1) is 5.92 Å². The van der Waals surface area contributed by atoms with E-state index in [0.717, 1.165) is 5.92 Å². The largest absolute Gasteiger partial charge is 0.304 e. The van der Waals surface area contributed by atoms with Gasteiger partial charge >= 0.3 is 0 Å². The van der Waals surface area contributed by atoms with Crippen molar-refractivity contribution in [2.75, 3.05) is 27.7 Å². The summed E-state index contributed by atoms with van der Waals surface area (Å²) in [6, 6.07) is 0.712. The summed E-state index contributed by atoms with van der Waals surface area (Å²) in [6.45, 7) is 8.30. The highest BCUT2D eigenvalue weighted by Crippen LogP contribution is 2.33. The van der Waals surface area contributed by atoms with Crippen molar-refractivity contribution in [1.82, 2.24) is 9.80 Å². The van der Waals surface area contributed by atoms with Crippen LogP contribution in [0.25, 0.3) is 0 Å². The van der Waals surface area contributed by atoms with Crippen LogP contribution in [0.4, 0.5) is 0 Å². The second-order valence-corrected chi connectivity index (χ2v) is 5.15. The Kier molecular flexibility index (Phi) is 3.03. The molecule has 0 bridgehead atoms. The van der Waals surface area contributed by atoms with Gasteiger partial charge in [0.1, 0.15) is 0 Å². The highest BCUT2D eigenvalue weighted by Gasteiger charge is 2.40. The third kappa shape index (κ3) is 1.89. The van der Waals surface area contributed by atoms with Crippen LogP contribution in [-0.2, 0) is 0 Å². The van der Waals surface area contributed by atoms with E-state index in [1.807, 2.05) is 0 Å². The van der Waals surface area contributed by atoms with Gasteiger partial charge < -0.3 is 9.80 Å². The molecule has 2 nitrogen and oxygen atoms in total. The Morgan fingerprint density at radius 2 is 1.85 bits per heavy atom. The van der Waals surface area contributed by atoms with Crippen LogP contribution in [0.3, 0.4) is 0 Å². The third-order valence-corrected chi connectivity index (χ3v) is 4.11. The standard InChI is InChI=1S/C11H24N2/c1-9-8-13(6)10(2)7-11(9,3)12(4)5/h9-10H,7-8H2,1-6H3/t9-,10+,11-/m1/s1. The summed E-state index contributed by atoms with van der Waals surface area (Å²) in [4.78, 5) is 4.86. The number of likely N-dealkylation sites (tertiary alicyclic amines) is 1. The molecular weight excluding hydrogens is 160 g/mol. The molecule has 0 unspecified atom stereocenters. The lowest BCUT2D eigenvalue weighted by Gasteiger charge is -2.50. The van der Waals surface area contributed by atoms with Gasteiger partial charge in [-0.2, -0.15) is 0 Å². The summed E-state index contributed by atoms with van der Waals surface area (Å²) in [5.41, 5.74) is 0.381. The molecule has 2 heteroatoms. The first-order chi connectivity index (χ1) is 5.88. The van der Waals surface area contributed by atoms with E-state index in [1.54, 1.807) is 0 Å². The van der Waals surface area contributed by atoms with Crippen LogP contribution < -0.4 is 0 Å². The zero-order valence-corrected chi connectivity index (χ0v) is 9.96. The fourth-order valence-electron chi connectivity index (χ4n) is 2.39. The van der Waals surface area contributed by atoms with E-state index < -0.39 is 0 Å². The summed E-state index contributed by atoms with van der Waals surface area (Å²) in [7, 11) is 6.64. The second kappa shape index (κ2) is 3.58. The van der Waals surface area contributed by atoms with Crippen molar-refractivity contribution in [2.24, 2.45) is 5.92 Å². The normalized spacial score (nSPS) is 42.7. The first kappa shape index (κ1) is 11.0. The lowest BCUT2D eigenvalue weighted by atomic mass is 9.77. The van der Waals surface area contributed by atoms with Crippen molar-refractivity contribution < 1.29 is 0 Å². The molecule has 0 aromatic carbocycles. The fraction of sp³-hybridized carbons (Fsp3) is 1.00. The minimum Gasteiger partial charge on any atom is -0.304 e. The van der Waals surface area contributed by atoms with Gasteiger partial charge in [-0.15, -0.1) is 0 Å². The SMILES string of the molecule is C[C@@H]1CN(C)[C@@H](C)C[C@@]1(C)N(C)C. The summed E-state index contributed by atoms with van der Waals surface area (Å²) in [5, 5.41) is 0. The number of hydrogen-bond acceptors (Lipinski definition) is 2. The molecule has 0 spiro atoms. The molecular formula is C11H24N2. The van der Waals surface area contributed by atoms with Gasteiger partial charge in [-0.05, 0) is 47.3 Å². The summed E-state index contributed by atoms with van der Waals surface area (Å²) in [5.74, 6) is 0.753. The second-order valence-electron chi connectivity index (χ2n) is 5.15. The van der Waals surface area contributed by atoms with E-state index in [4.69, 9.17) is 0 Å². The van der Waals surface area contributed by atoms with Crippen molar-refractivity contribution in [3.63, 3.8) is 0 Å². The Bertz CT molecular complexity index is 179.